The van der Waals surface area contributed by atoms with Gasteiger partial charge in [-0.25, -0.2) is 44.3 Å². The summed E-state index contributed by atoms with van der Waals surface area (Å²) in [7, 11) is -10.3. The van der Waals surface area contributed by atoms with Crippen LogP contribution in [0.15, 0.2) is 34.1 Å². The van der Waals surface area contributed by atoms with Gasteiger partial charge in [0.2, 0.25) is 10.0 Å². The van der Waals surface area contributed by atoms with Crippen LogP contribution >= 0.6 is 0 Å². The van der Waals surface area contributed by atoms with E-state index >= 15 is 0 Å². The molecule has 0 aliphatic heterocycles. The largest absolute Gasteiger partial charge is 0.478 e. The van der Waals surface area contributed by atoms with E-state index in [4.69, 9.17) is 5.11 Å². The fourth-order valence-corrected chi connectivity index (χ4v) is 4.33. The number of hydrogen-bond acceptors (Lipinski definition) is 5. The van der Waals surface area contributed by atoms with Crippen LogP contribution in [-0.2, 0) is 25.6 Å². The lowest BCUT2D eigenvalue weighted by Gasteiger charge is -2.11. The van der Waals surface area contributed by atoms with Crippen molar-refractivity contribution in [1.29, 1.82) is 0 Å². The summed E-state index contributed by atoms with van der Waals surface area (Å²) in [5.41, 5.74) is -0.349. The highest BCUT2D eigenvalue weighted by molar-refractivity contribution is 7.90. The van der Waals surface area contributed by atoms with Gasteiger partial charge in [-0.2, -0.15) is 0 Å². The normalized spacial score (nSPS) is 12.2. The van der Waals surface area contributed by atoms with Crippen LogP contribution in [0.2, 0.25) is 0 Å². The minimum absolute atomic E-state index is 0.143. The van der Waals surface area contributed by atoms with E-state index in [0.29, 0.717) is 0 Å². The number of carbonyl (C=O) groups is 1. The smallest absolute Gasteiger partial charge is 0.335 e. The van der Waals surface area contributed by atoms with Gasteiger partial charge in [-0.1, -0.05) is 12.1 Å². The monoisotopic (exact) mass is 427 g/mol. The van der Waals surface area contributed by atoms with E-state index in [1.54, 1.807) is 0 Å². The maximum absolute atomic E-state index is 14.0. The zero-order chi connectivity index (χ0) is 20.7. The molecule has 0 aliphatic carbocycles. The number of nitrogens with two attached hydrogens (primary N) is 1. The van der Waals surface area contributed by atoms with Crippen LogP contribution < -0.4 is 5.14 Å². The van der Waals surface area contributed by atoms with Crippen molar-refractivity contribution in [2.75, 3.05) is 0 Å². The molecule has 0 unspecified atom stereocenters. The second-order valence-corrected chi connectivity index (χ2v) is 8.65. The third-order valence-corrected chi connectivity index (χ3v) is 5.96. The van der Waals surface area contributed by atoms with Crippen LogP contribution in [0.3, 0.4) is 0 Å². The lowest BCUT2D eigenvalue weighted by molar-refractivity contribution is 0.0697. The molecular weight excluding hydrogens is 418 g/mol. The lowest BCUT2D eigenvalue weighted by atomic mass is 10.1. The molecule has 0 bridgehead atoms. The van der Waals surface area contributed by atoms with Crippen molar-refractivity contribution >= 4 is 25.8 Å². The van der Waals surface area contributed by atoms with Crippen LogP contribution in [0.25, 0.3) is 0 Å². The summed E-state index contributed by atoms with van der Waals surface area (Å²) < 4.78 is 102. The summed E-state index contributed by atoms with van der Waals surface area (Å²) in [5, 5.41) is 13.2. The zero-order valence-electron chi connectivity index (χ0n) is 12.9. The van der Waals surface area contributed by atoms with Gasteiger partial charge in [0, 0.05) is 0 Å². The molecule has 2 rings (SSSR count). The van der Waals surface area contributed by atoms with Crippen molar-refractivity contribution in [2.24, 2.45) is 5.14 Å². The van der Waals surface area contributed by atoms with Crippen LogP contribution in [0, 0.1) is 23.3 Å². The Morgan fingerprint density at radius 2 is 1.26 bits per heavy atom. The molecule has 0 amide bonds. The Labute approximate surface area is 150 Å². The molecule has 0 fully saturated rings. The molecule has 146 valence electrons. The van der Waals surface area contributed by atoms with E-state index in [1.165, 1.54) is 0 Å². The summed E-state index contributed by atoms with van der Waals surface area (Å²) in [6, 6.07) is 4.04. The standard InChI is InChI=1S/C14H9F4NO6S2/c15-8-10(17)13(27(19,24)25)11(18)9(16)12(8)26(22,23)5-6-1-3-7(4-2-6)14(20)21/h1-4H,5H2,(H,20,21)(H2,19,24,25). The minimum Gasteiger partial charge on any atom is -0.478 e. The number of hydrogen-bond donors (Lipinski definition) is 2. The highest BCUT2D eigenvalue weighted by atomic mass is 32.2. The van der Waals surface area contributed by atoms with Gasteiger partial charge in [-0.15, -0.1) is 0 Å². The van der Waals surface area contributed by atoms with E-state index in [-0.39, 0.29) is 11.1 Å². The van der Waals surface area contributed by atoms with Gasteiger partial charge < -0.3 is 5.11 Å². The van der Waals surface area contributed by atoms with Crippen LogP contribution in [-0.4, -0.2) is 27.9 Å². The van der Waals surface area contributed by atoms with E-state index in [2.05, 4.69) is 5.14 Å². The van der Waals surface area contributed by atoms with Crippen LogP contribution in [0.5, 0.6) is 0 Å². The Kier molecular flexibility index (Phi) is 5.32. The summed E-state index contributed by atoms with van der Waals surface area (Å²) in [6.07, 6.45) is 0. The second kappa shape index (κ2) is 6.90. The van der Waals surface area contributed by atoms with E-state index in [0.717, 1.165) is 24.3 Å². The Balaban J connectivity index is 2.61. The Hall–Kier alpha value is -2.51. The average molecular weight is 427 g/mol. The van der Waals surface area contributed by atoms with Crippen molar-refractivity contribution in [1.82, 2.24) is 0 Å². The number of aromatic carboxylic acids is 1. The summed E-state index contributed by atoms with van der Waals surface area (Å²) >= 11 is 0. The second-order valence-electron chi connectivity index (χ2n) is 5.22. The van der Waals surface area contributed by atoms with E-state index in [9.17, 15) is 39.2 Å². The maximum Gasteiger partial charge on any atom is 0.335 e. The van der Waals surface area contributed by atoms with Crippen molar-refractivity contribution in [2.45, 2.75) is 15.5 Å². The molecule has 0 saturated carbocycles. The first-order valence-corrected chi connectivity index (χ1v) is 9.91. The first-order chi connectivity index (χ1) is 12.3. The number of sulfone groups is 1. The molecule has 0 atom stereocenters. The SMILES string of the molecule is NS(=O)(=O)c1c(F)c(F)c(S(=O)(=O)Cc2ccc(C(=O)O)cc2)c(F)c1F. The predicted octanol–water partition coefficient (Wildman–Crippen LogP) is 1.56. The zero-order valence-corrected chi connectivity index (χ0v) is 14.5. The molecule has 3 N–H and O–H groups in total. The molecule has 0 spiro atoms. The fraction of sp³-hybridized carbons (Fsp3) is 0.0714. The highest BCUT2D eigenvalue weighted by Gasteiger charge is 2.36. The Morgan fingerprint density at radius 3 is 1.63 bits per heavy atom. The number of carboxylic acids is 1. The average Bonchev–Trinajstić information content (AvgIpc) is 2.52. The number of sulfonamides is 1. The van der Waals surface area contributed by atoms with Crippen molar-refractivity contribution in [3.05, 3.63) is 58.7 Å². The van der Waals surface area contributed by atoms with Crippen LogP contribution in [0.1, 0.15) is 15.9 Å². The number of carboxylic acid groups (broad SMARTS) is 1. The van der Waals surface area contributed by atoms with Gasteiger partial charge in [-0.05, 0) is 17.7 Å². The topological polar surface area (TPSA) is 132 Å². The summed E-state index contributed by atoms with van der Waals surface area (Å²) in [6.45, 7) is 0. The number of benzene rings is 2. The summed E-state index contributed by atoms with van der Waals surface area (Å²) in [4.78, 5) is 6.59. The third-order valence-electron chi connectivity index (χ3n) is 3.34. The third kappa shape index (κ3) is 3.94. The fourth-order valence-electron chi connectivity index (χ4n) is 2.15. The maximum atomic E-state index is 14.0. The first kappa shape index (κ1) is 20.8. The van der Waals surface area contributed by atoms with Gasteiger partial charge in [0.25, 0.3) is 0 Å². The Bertz CT molecular complexity index is 1120. The van der Waals surface area contributed by atoms with Crippen molar-refractivity contribution in [3.8, 4) is 0 Å². The molecule has 7 nitrogen and oxygen atoms in total. The summed E-state index contributed by atoms with van der Waals surface area (Å²) in [5.74, 6) is -12.3. The molecular formula is C14H9F4NO6S2. The molecule has 13 heteroatoms. The van der Waals surface area contributed by atoms with Crippen LogP contribution in [0.4, 0.5) is 17.6 Å². The molecule has 2 aromatic rings. The van der Waals surface area contributed by atoms with Gasteiger partial charge in [0.1, 0.15) is 4.90 Å². The van der Waals surface area contributed by atoms with Gasteiger partial charge >= 0.3 is 5.97 Å². The van der Waals surface area contributed by atoms with Gasteiger partial charge in [0.15, 0.2) is 38.0 Å². The number of halogens is 4. The Morgan fingerprint density at radius 1 is 0.852 bits per heavy atom. The predicted molar refractivity (Wildman–Crippen MR) is 81.9 cm³/mol. The van der Waals surface area contributed by atoms with Crippen molar-refractivity contribution in [3.63, 3.8) is 0 Å². The first-order valence-electron chi connectivity index (χ1n) is 6.71. The van der Waals surface area contributed by atoms with E-state index < -0.39 is 64.6 Å². The van der Waals surface area contributed by atoms with Crippen molar-refractivity contribution < 1.29 is 44.3 Å². The van der Waals surface area contributed by atoms with E-state index in [1.807, 2.05) is 0 Å². The molecule has 0 saturated heterocycles. The quantitative estimate of drug-likeness (QED) is 0.550. The molecule has 0 aliphatic rings. The minimum atomic E-state index is -5.22. The molecule has 0 radical (unpaired) electrons. The van der Waals surface area contributed by atoms with Gasteiger partial charge in [0.05, 0.1) is 11.3 Å². The number of primary sulfonamides is 1. The molecule has 0 heterocycles. The molecule has 27 heavy (non-hydrogen) atoms. The van der Waals surface area contributed by atoms with Gasteiger partial charge in [-0.3, -0.25) is 0 Å². The molecule has 0 aromatic heterocycles. The molecule has 2 aromatic carbocycles. The lowest BCUT2D eigenvalue weighted by Crippen LogP contribution is -2.21. The highest BCUT2D eigenvalue weighted by Crippen LogP contribution is 2.31. The number of rotatable bonds is 5.